The van der Waals surface area contributed by atoms with Crippen molar-refractivity contribution in [2.24, 2.45) is 0 Å². The monoisotopic (exact) mass is 227 g/mol. The van der Waals surface area contributed by atoms with Crippen molar-refractivity contribution in [1.82, 2.24) is 0 Å². The first-order valence-corrected chi connectivity index (χ1v) is 5.50. The first-order valence-electron chi connectivity index (χ1n) is 4.50. The number of carbonyl (C=O) groups is 1. The van der Waals surface area contributed by atoms with Gasteiger partial charge < -0.3 is 8.74 Å². The molecule has 1 rings (SSSR count). The summed E-state index contributed by atoms with van der Waals surface area (Å²) in [7, 11) is 0. The molecular weight excluding hydrogens is 216 g/mol. The van der Waals surface area contributed by atoms with Gasteiger partial charge >= 0.3 is 5.97 Å². The van der Waals surface area contributed by atoms with Crippen LogP contribution < -0.4 is 0 Å². The van der Waals surface area contributed by atoms with Gasteiger partial charge in [0.1, 0.15) is 11.4 Å². The molecular formula is C10H11O4S-. The van der Waals surface area contributed by atoms with E-state index in [-0.39, 0.29) is 6.42 Å². The van der Waals surface area contributed by atoms with E-state index in [4.69, 9.17) is 0 Å². The topological polar surface area (TPSA) is 66.4 Å². The lowest BCUT2D eigenvalue weighted by Crippen LogP contribution is -2.09. The zero-order chi connectivity index (χ0) is 11.3. The van der Waals surface area contributed by atoms with Crippen LogP contribution in [0.15, 0.2) is 24.3 Å². The van der Waals surface area contributed by atoms with Crippen molar-refractivity contribution < 1.29 is 17.7 Å². The minimum atomic E-state index is -2.77. The van der Waals surface area contributed by atoms with Crippen LogP contribution in [-0.2, 0) is 33.2 Å². The molecule has 1 unspecified atom stereocenters. The Morgan fingerprint density at radius 1 is 1.33 bits per heavy atom. The molecule has 0 amide bonds. The lowest BCUT2D eigenvalue weighted by Gasteiger charge is -2.05. The Balaban J connectivity index is 2.57. The van der Waals surface area contributed by atoms with Crippen LogP contribution in [0.5, 0.6) is 0 Å². The van der Waals surface area contributed by atoms with Gasteiger partial charge in [-0.1, -0.05) is 31.2 Å². The molecule has 0 saturated carbocycles. The number of aryl methyl sites for hydroxylation is 1. The highest BCUT2D eigenvalue weighted by Crippen LogP contribution is 2.06. The Kier molecular flexibility index (Phi) is 4.45. The molecule has 1 aromatic carbocycles. The number of hydrogen-bond acceptors (Lipinski definition) is 4. The second kappa shape index (κ2) is 5.63. The van der Waals surface area contributed by atoms with E-state index in [9.17, 15) is 13.6 Å². The number of rotatable bonds is 4. The third kappa shape index (κ3) is 4.22. The van der Waals surface area contributed by atoms with E-state index in [1.165, 1.54) is 5.56 Å². The van der Waals surface area contributed by atoms with E-state index >= 15 is 0 Å². The first-order chi connectivity index (χ1) is 7.11. The van der Waals surface area contributed by atoms with Gasteiger partial charge in [0.05, 0.1) is 6.42 Å². The minimum absolute atomic E-state index is 0.0298. The lowest BCUT2D eigenvalue weighted by atomic mass is 10.1. The van der Waals surface area contributed by atoms with E-state index in [2.05, 4.69) is 4.18 Å². The van der Waals surface area contributed by atoms with Crippen LogP contribution in [0.25, 0.3) is 0 Å². The van der Waals surface area contributed by atoms with Gasteiger partial charge in [-0.05, 0) is 17.5 Å². The number of benzene rings is 1. The SMILES string of the molecule is CCc1ccc(CC(=O)OS(=O)[O-])cc1. The molecule has 0 aliphatic heterocycles. The molecule has 0 aromatic heterocycles. The molecule has 1 atom stereocenters. The van der Waals surface area contributed by atoms with Crippen LogP contribution >= 0.6 is 0 Å². The van der Waals surface area contributed by atoms with E-state index in [1.807, 2.05) is 19.1 Å². The maximum Gasteiger partial charge on any atom is 0.323 e. The van der Waals surface area contributed by atoms with Gasteiger partial charge in [-0.2, -0.15) is 0 Å². The summed E-state index contributed by atoms with van der Waals surface area (Å²) in [5, 5.41) is 0. The van der Waals surface area contributed by atoms with E-state index in [1.54, 1.807) is 12.1 Å². The number of carbonyl (C=O) groups excluding carboxylic acids is 1. The van der Waals surface area contributed by atoms with Crippen molar-refractivity contribution in [3.05, 3.63) is 35.4 Å². The normalized spacial score (nSPS) is 12.1. The highest BCUT2D eigenvalue weighted by molar-refractivity contribution is 7.74. The van der Waals surface area contributed by atoms with E-state index in [0.29, 0.717) is 0 Å². The van der Waals surface area contributed by atoms with Gasteiger partial charge in [-0.25, -0.2) is 4.21 Å². The summed E-state index contributed by atoms with van der Waals surface area (Å²) in [4.78, 5) is 11.0. The lowest BCUT2D eigenvalue weighted by molar-refractivity contribution is -0.133. The van der Waals surface area contributed by atoms with Gasteiger partial charge in [-0.3, -0.25) is 4.79 Å². The third-order valence-corrected chi connectivity index (χ3v) is 2.26. The molecule has 15 heavy (non-hydrogen) atoms. The van der Waals surface area contributed by atoms with Crippen molar-refractivity contribution in [2.75, 3.05) is 0 Å². The molecule has 0 aliphatic carbocycles. The van der Waals surface area contributed by atoms with Crippen LogP contribution in [0.3, 0.4) is 0 Å². The Morgan fingerprint density at radius 3 is 2.33 bits per heavy atom. The molecule has 0 N–H and O–H groups in total. The third-order valence-electron chi connectivity index (χ3n) is 1.94. The predicted octanol–water partition coefficient (Wildman–Crippen LogP) is 1.13. The Labute approximate surface area is 90.8 Å². The van der Waals surface area contributed by atoms with Crippen LogP contribution in [0.4, 0.5) is 0 Å². The van der Waals surface area contributed by atoms with Crippen molar-refractivity contribution in [1.29, 1.82) is 0 Å². The molecule has 5 heteroatoms. The maximum atomic E-state index is 11.0. The number of hydrogen-bond donors (Lipinski definition) is 0. The van der Waals surface area contributed by atoms with Crippen molar-refractivity contribution >= 4 is 17.3 Å². The van der Waals surface area contributed by atoms with E-state index in [0.717, 1.165) is 12.0 Å². The molecule has 0 spiro atoms. The standard InChI is InChI=1S/C10H12O4S/c1-2-8-3-5-9(6-4-8)7-10(11)14-15(12)13/h3-6H,2,7H2,1H3,(H,12,13)/p-1. The highest BCUT2D eigenvalue weighted by atomic mass is 32.2. The molecule has 1 aromatic rings. The fraction of sp³-hybridized carbons (Fsp3) is 0.300. The largest absolute Gasteiger partial charge is 0.740 e. The maximum absolute atomic E-state index is 11.0. The summed E-state index contributed by atoms with van der Waals surface area (Å²) in [5.74, 6) is -0.771. The van der Waals surface area contributed by atoms with E-state index < -0.39 is 17.3 Å². The Morgan fingerprint density at radius 2 is 1.87 bits per heavy atom. The van der Waals surface area contributed by atoms with Crippen LogP contribution in [-0.4, -0.2) is 14.7 Å². The second-order valence-electron chi connectivity index (χ2n) is 3.01. The molecule has 82 valence electrons. The second-order valence-corrected chi connectivity index (χ2v) is 3.58. The Bertz CT molecular complexity index is 358. The summed E-state index contributed by atoms with van der Waals surface area (Å²) >= 11 is -2.77. The highest BCUT2D eigenvalue weighted by Gasteiger charge is 2.04. The molecule has 0 bridgehead atoms. The quantitative estimate of drug-likeness (QED) is 0.723. The fourth-order valence-corrected chi connectivity index (χ4v) is 1.38. The summed E-state index contributed by atoms with van der Waals surface area (Å²) in [5.41, 5.74) is 1.90. The van der Waals surface area contributed by atoms with Crippen LogP contribution in [0.1, 0.15) is 18.1 Å². The molecule has 0 aliphatic rings. The molecule has 4 nitrogen and oxygen atoms in total. The summed E-state index contributed by atoms with van der Waals surface area (Å²) < 4.78 is 24.1. The fourth-order valence-electron chi connectivity index (χ4n) is 1.16. The van der Waals surface area contributed by atoms with Gasteiger partial charge in [0.25, 0.3) is 0 Å². The summed E-state index contributed by atoms with van der Waals surface area (Å²) in [6.07, 6.45) is 0.896. The zero-order valence-corrected chi connectivity index (χ0v) is 9.08. The van der Waals surface area contributed by atoms with Gasteiger partial charge in [0.15, 0.2) is 0 Å². The van der Waals surface area contributed by atoms with Gasteiger partial charge in [-0.15, -0.1) is 0 Å². The van der Waals surface area contributed by atoms with Crippen LogP contribution in [0.2, 0.25) is 0 Å². The van der Waals surface area contributed by atoms with Crippen molar-refractivity contribution in [2.45, 2.75) is 19.8 Å². The van der Waals surface area contributed by atoms with Gasteiger partial charge in [0.2, 0.25) is 0 Å². The molecule has 0 radical (unpaired) electrons. The van der Waals surface area contributed by atoms with Crippen molar-refractivity contribution in [3.8, 4) is 0 Å². The van der Waals surface area contributed by atoms with Gasteiger partial charge in [0, 0.05) is 0 Å². The Hall–Kier alpha value is -1.20. The molecule has 0 heterocycles. The van der Waals surface area contributed by atoms with Crippen LogP contribution in [0, 0.1) is 0 Å². The zero-order valence-electron chi connectivity index (χ0n) is 8.26. The molecule has 0 fully saturated rings. The summed E-state index contributed by atoms with van der Waals surface area (Å²) in [6, 6.07) is 7.37. The average Bonchev–Trinajstić information content (AvgIpc) is 2.17. The average molecular weight is 227 g/mol. The molecule has 0 saturated heterocycles. The summed E-state index contributed by atoms with van der Waals surface area (Å²) in [6.45, 7) is 2.03. The predicted molar refractivity (Wildman–Crippen MR) is 54.5 cm³/mol. The minimum Gasteiger partial charge on any atom is -0.740 e. The smallest absolute Gasteiger partial charge is 0.323 e. The van der Waals surface area contributed by atoms with Crippen molar-refractivity contribution in [3.63, 3.8) is 0 Å². The first kappa shape index (κ1) is 11.9.